The Morgan fingerprint density at radius 1 is 1.45 bits per heavy atom. The molecule has 2 unspecified atom stereocenters. The van der Waals surface area contributed by atoms with Gasteiger partial charge in [-0.3, -0.25) is 4.79 Å². The lowest BCUT2D eigenvalue weighted by molar-refractivity contribution is -0.185. The Labute approximate surface area is 135 Å². The van der Waals surface area contributed by atoms with Gasteiger partial charge in [-0.25, -0.2) is 0 Å². The van der Waals surface area contributed by atoms with Crippen molar-refractivity contribution in [3.8, 4) is 5.75 Å². The number of rotatable bonds is 2. The Hall–Kier alpha value is -1.24. The number of benzene rings is 1. The average Bonchev–Trinajstić information content (AvgIpc) is 2.56. The third-order valence-electron chi connectivity index (χ3n) is 3.62. The van der Waals surface area contributed by atoms with Crippen LogP contribution in [0.5, 0.6) is 5.75 Å². The van der Waals surface area contributed by atoms with Crippen molar-refractivity contribution in [3.05, 3.63) is 29.3 Å². The van der Waals surface area contributed by atoms with Gasteiger partial charge < -0.3 is 9.64 Å². The van der Waals surface area contributed by atoms with Crippen LogP contribution in [-0.2, 0) is 11.2 Å². The number of carbonyl (C=O) groups is 1. The first kappa shape index (κ1) is 17.1. The third kappa shape index (κ3) is 3.94. The first-order chi connectivity index (χ1) is 10.2. The second kappa shape index (κ2) is 6.48. The van der Waals surface area contributed by atoms with Crippen LogP contribution >= 0.6 is 15.9 Å². The van der Waals surface area contributed by atoms with Crippen LogP contribution in [0.1, 0.15) is 30.9 Å². The molecule has 0 radical (unpaired) electrons. The summed E-state index contributed by atoms with van der Waals surface area (Å²) in [5, 5.41) is -0.157. The van der Waals surface area contributed by atoms with E-state index in [1.54, 1.807) is 6.07 Å². The molecule has 0 spiro atoms. The molecule has 1 aliphatic rings. The lowest BCUT2D eigenvalue weighted by Gasteiger charge is -2.24. The zero-order valence-corrected chi connectivity index (χ0v) is 13.9. The standard InChI is InChI=1S/C15H17BrF3NO2/c1-9-8-20(14(21)15(17,18)19)6-5-11-3-4-12(7-13(9)11)22-10(2)16/h3-4,7,9-10H,5-6,8H2,1-2H3. The summed E-state index contributed by atoms with van der Waals surface area (Å²) in [6.07, 6.45) is -4.42. The maximum atomic E-state index is 12.6. The van der Waals surface area contributed by atoms with Crippen molar-refractivity contribution >= 4 is 21.8 Å². The van der Waals surface area contributed by atoms with Crippen LogP contribution in [-0.4, -0.2) is 35.1 Å². The zero-order valence-electron chi connectivity index (χ0n) is 12.3. The molecule has 1 heterocycles. The van der Waals surface area contributed by atoms with Crippen LogP contribution in [0.3, 0.4) is 0 Å². The van der Waals surface area contributed by atoms with E-state index in [1.165, 1.54) is 0 Å². The number of halogens is 4. The van der Waals surface area contributed by atoms with E-state index in [9.17, 15) is 18.0 Å². The lowest BCUT2D eigenvalue weighted by Crippen LogP contribution is -2.42. The molecule has 1 aromatic carbocycles. The predicted octanol–water partition coefficient (Wildman–Crippen LogP) is 3.86. The lowest BCUT2D eigenvalue weighted by atomic mass is 9.95. The Kier molecular flexibility index (Phi) is 5.04. The number of hydrogen-bond acceptors (Lipinski definition) is 2. The second-order valence-electron chi connectivity index (χ2n) is 5.42. The number of amides is 1. The molecule has 0 aromatic heterocycles. The topological polar surface area (TPSA) is 29.5 Å². The van der Waals surface area contributed by atoms with Crippen LogP contribution in [0.15, 0.2) is 18.2 Å². The monoisotopic (exact) mass is 379 g/mol. The molecule has 0 saturated heterocycles. The number of carbonyl (C=O) groups excluding carboxylic acids is 1. The smallest absolute Gasteiger partial charge is 0.471 e. The van der Waals surface area contributed by atoms with Crippen LogP contribution in [0.25, 0.3) is 0 Å². The first-order valence-electron chi connectivity index (χ1n) is 6.98. The highest BCUT2D eigenvalue weighted by atomic mass is 79.9. The minimum Gasteiger partial charge on any atom is -0.480 e. The molecule has 3 nitrogen and oxygen atoms in total. The molecule has 2 atom stereocenters. The summed E-state index contributed by atoms with van der Waals surface area (Å²) in [6, 6.07) is 5.50. The Morgan fingerprint density at radius 2 is 2.14 bits per heavy atom. The molecular weight excluding hydrogens is 363 g/mol. The molecule has 0 bridgehead atoms. The van der Waals surface area contributed by atoms with Gasteiger partial charge in [-0.1, -0.05) is 13.0 Å². The summed E-state index contributed by atoms with van der Waals surface area (Å²) in [5.41, 5.74) is 1.89. The second-order valence-corrected chi connectivity index (χ2v) is 6.71. The quantitative estimate of drug-likeness (QED) is 0.730. The molecule has 122 valence electrons. The van der Waals surface area contributed by atoms with Crippen molar-refractivity contribution < 1.29 is 22.7 Å². The largest absolute Gasteiger partial charge is 0.480 e. The van der Waals surface area contributed by atoms with E-state index in [2.05, 4.69) is 15.9 Å². The Bertz CT molecular complexity index is 560. The van der Waals surface area contributed by atoms with Gasteiger partial charge >= 0.3 is 12.1 Å². The molecule has 7 heteroatoms. The normalized spacial score (nSPS) is 20.1. The van der Waals surface area contributed by atoms with Crippen molar-refractivity contribution in [1.29, 1.82) is 0 Å². The van der Waals surface area contributed by atoms with Gasteiger partial charge in [0.25, 0.3) is 0 Å². The van der Waals surface area contributed by atoms with E-state index in [4.69, 9.17) is 4.74 Å². The summed E-state index contributed by atoms with van der Waals surface area (Å²) in [4.78, 5) is 12.3. The molecule has 1 amide bonds. The van der Waals surface area contributed by atoms with Crippen molar-refractivity contribution in [2.75, 3.05) is 13.1 Å². The molecule has 0 saturated carbocycles. The Balaban J connectivity index is 2.22. The molecule has 0 N–H and O–H groups in total. The molecule has 0 fully saturated rings. The van der Waals surface area contributed by atoms with Crippen molar-refractivity contribution in [2.24, 2.45) is 0 Å². The number of ether oxygens (including phenoxy) is 1. The number of nitrogens with zero attached hydrogens (tertiary/aromatic N) is 1. The summed E-state index contributed by atoms with van der Waals surface area (Å²) in [5.74, 6) is -1.29. The maximum absolute atomic E-state index is 12.6. The summed E-state index contributed by atoms with van der Waals surface area (Å²) in [6.45, 7) is 3.78. The highest BCUT2D eigenvalue weighted by Gasteiger charge is 2.43. The summed E-state index contributed by atoms with van der Waals surface area (Å²) >= 11 is 3.29. The van der Waals surface area contributed by atoms with Gasteiger partial charge in [0.1, 0.15) is 5.75 Å². The van der Waals surface area contributed by atoms with Gasteiger partial charge in [-0.2, -0.15) is 13.2 Å². The van der Waals surface area contributed by atoms with Gasteiger partial charge in [-0.15, -0.1) is 0 Å². The van der Waals surface area contributed by atoms with Gasteiger partial charge in [0.2, 0.25) is 0 Å². The maximum Gasteiger partial charge on any atom is 0.471 e. The minimum absolute atomic E-state index is 0.0542. The van der Waals surface area contributed by atoms with E-state index in [0.717, 1.165) is 16.0 Å². The van der Waals surface area contributed by atoms with E-state index in [1.807, 2.05) is 26.0 Å². The van der Waals surface area contributed by atoms with Gasteiger partial charge in [-0.05, 0) is 58.5 Å². The molecule has 1 aromatic rings. The van der Waals surface area contributed by atoms with Crippen LogP contribution in [0.4, 0.5) is 13.2 Å². The van der Waals surface area contributed by atoms with Crippen molar-refractivity contribution in [2.45, 2.75) is 37.4 Å². The molecule has 2 rings (SSSR count). The highest BCUT2D eigenvalue weighted by molar-refractivity contribution is 9.09. The van der Waals surface area contributed by atoms with E-state index >= 15 is 0 Å². The van der Waals surface area contributed by atoms with Crippen LogP contribution < -0.4 is 4.74 Å². The third-order valence-corrected chi connectivity index (χ3v) is 3.81. The SMILES string of the molecule is CC(Br)Oc1ccc2c(c1)C(C)CN(C(=O)C(F)(F)F)CC2. The average molecular weight is 380 g/mol. The number of hydrogen-bond donors (Lipinski definition) is 0. The molecule has 1 aliphatic heterocycles. The minimum atomic E-state index is -4.82. The van der Waals surface area contributed by atoms with Crippen LogP contribution in [0, 0.1) is 0 Å². The summed E-state index contributed by atoms with van der Waals surface area (Å²) < 4.78 is 43.4. The zero-order chi connectivity index (χ0) is 16.5. The highest BCUT2D eigenvalue weighted by Crippen LogP contribution is 2.31. The van der Waals surface area contributed by atoms with E-state index in [0.29, 0.717) is 12.2 Å². The number of fused-ring (bicyclic) bond motifs is 1. The molecular formula is C15H17BrF3NO2. The first-order valence-corrected chi connectivity index (χ1v) is 7.89. The fraction of sp³-hybridized carbons (Fsp3) is 0.533. The molecule has 0 aliphatic carbocycles. The van der Waals surface area contributed by atoms with E-state index in [-0.39, 0.29) is 24.0 Å². The number of alkyl halides is 4. The Morgan fingerprint density at radius 3 is 2.73 bits per heavy atom. The molecule has 22 heavy (non-hydrogen) atoms. The van der Waals surface area contributed by atoms with Gasteiger partial charge in [0, 0.05) is 13.1 Å². The van der Waals surface area contributed by atoms with Gasteiger partial charge in [0.15, 0.2) is 5.01 Å². The van der Waals surface area contributed by atoms with Crippen molar-refractivity contribution in [1.82, 2.24) is 4.90 Å². The summed E-state index contributed by atoms with van der Waals surface area (Å²) in [7, 11) is 0. The fourth-order valence-corrected chi connectivity index (χ4v) is 2.88. The van der Waals surface area contributed by atoms with Crippen molar-refractivity contribution in [3.63, 3.8) is 0 Å². The predicted molar refractivity (Wildman–Crippen MR) is 80.2 cm³/mol. The van der Waals surface area contributed by atoms with Gasteiger partial charge in [0.05, 0.1) is 0 Å². The van der Waals surface area contributed by atoms with Crippen LogP contribution in [0.2, 0.25) is 0 Å². The fourth-order valence-electron chi connectivity index (χ4n) is 2.66. The van der Waals surface area contributed by atoms with E-state index < -0.39 is 12.1 Å².